The van der Waals surface area contributed by atoms with Gasteiger partial charge in [-0.25, -0.2) is 4.79 Å². The molecular weight excluding hydrogens is 316 g/mol. The van der Waals surface area contributed by atoms with Gasteiger partial charge in [0.25, 0.3) is 0 Å². The summed E-state index contributed by atoms with van der Waals surface area (Å²) in [6, 6.07) is 6.99. The molecule has 0 aromatic heterocycles. The highest BCUT2D eigenvalue weighted by molar-refractivity contribution is 6.30. The molecule has 3 atom stereocenters. The van der Waals surface area contributed by atoms with Crippen molar-refractivity contribution in [2.24, 2.45) is 11.3 Å². The second-order valence-corrected chi connectivity index (χ2v) is 7.09. The van der Waals surface area contributed by atoms with Gasteiger partial charge in [-0.1, -0.05) is 30.2 Å². The Labute approximate surface area is 140 Å². The lowest BCUT2D eigenvalue weighted by Crippen LogP contribution is -2.42. The monoisotopic (exact) mass is 336 g/mol. The SMILES string of the molecule is CC(NC(=O)N1C[C@@H]2CCC[C@@]2(C(=O)O)C1)c1cccc(Cl)c1. The van der Waals surface area contributed by atoms with Crippen molar-refractivity contribution in [3.05, 3.63) is 34.9 Å². The third kappa shape index (κ3) is 2.90. The minimum Gasteiger partial charge on any atom is -0.481 e. The molecule has 1 heterocycles. The zero-order chi connectivity index (χ0) is 16.6. The van der Waals surface area contributed by atoms with Gasteiger partial charge in [0.05, 0.1) is 11.5 Å². The third-order valence-corrected chi connectivity index (χ3v) is 5.51. The van der Waals surface area contributed by atoms with E-state index in [4.69, 9.17) is 11.6 Å². The molecule has 0 radical (unpaired) electrons. The molecule has 2 fully saturated rings. The van der Waals surface area contributed by atoms with Crippen molar-refractivity contribution in [3.63, 3.8) is 0 Å². The first-order valence-electron chi connectivity index (χ1n) is 7.97. The fourth-order valence-corrected chi connectivity index (χ4v) is 4.13. The molecule has 23 heavy (non-hydrogen) atoms. The van der Waals surface area contributed by atoms with Gasteiger partial charge < -0.3 is 15.3 Å². The number of nitrogens with one attached hydrogen (secondary N) is 1. The Balaban J connectivity index is 1.67. The van der Waals surface area contributed by atoms with Crippen molar-refractivity contribution in [1.82, 2.24) is 10.2 Å². The number of amides is 2. The first-order chi connectivity index (χ1) is 10.9. The van der Waals surface area contributed by atoms with E-state index >= 15 is 0 Å². The Kier molecular flexibility index (Phi) is 4.23. The van der Waals surface area contributed by atoms with Gasteiger partial charge in [-0.3, -0.25) is 4.79 Å². The van der Waals surface area contributed by atoms with Crippen molar-refractivity contribution in [3.8, 4) is 0 Å². The Morgan fingerprint density at radius 2 is 2.26 bits per heavy atom. The first-order valence-corrected chi connectivity index (χ1v) is 8.34. The lowest BCUT2D eigenvalue weighted by molar-refractivity contribution is -0.149. The summed E-state index contributed by atoms with van der Waals surface area (Å²) in [6.45, 7) is 2.73. The summed E-state index contributed by atoms with van der Waals surface area (Å²) < 4.78 is 0. The molecule has 1 saturated heterocycles. The zero-order valence-electron chi connectivity index (χ0n) is 13.1. The van der Waals surface area contributed by atoms with E-state index in [2.05, 4.69) is 5.32 Å². The number of urea groups is 1. The number of halogens is 1. The van der Waals surface area contributed by atoms with Crippen LogP contribution in [0.2, 0.25) is 5.02 Å². The van der Waals surface area contributed by atoms with Gasteiger partial charge in [0, 0.05) is 18.1 Å². The van der Waals surface area contributed by atoms with Gasteiger partial charge >= 0.3 is 12.0 Å². The lowest BCUT2D eigenvalue weighted by atomic mass is 9.81. The van der Waals surface area contributed by atoms with Crippen molar-refractivity contribution < 1.29 is 14.7 Å². The number of aliphatic carboxylic acids is 1. The van der Waals surface area contributed by atoms with Crippen LogP contribution < -0.4 is 5.32 Å². The van der Waals surface area contributed by atoms with E-state index in [9.17, 15) is 14.7 Å². The maximum absolute atomic E-state index is 12.5. The number of fused-ring (bicyclic) bond motifs is 1. The number of carboxylic acid groups (broad SMARTS) is 1. The second kappa shape index (κ2) is 6.04. The molecule has 1 aliphatic carbocycles. The molecule has 1 aliphatic heterocycles. The maximum atomic E-state index is 12.5. The highest BCUT2D eigenvalue weighted by atomic mass is 35.5. The molecule has 2 N–H and O–H groups in total. The summed E-state index contributed by atoms with van der Waals surface area (Å²) in [7, 11) is 0. The Morgan fingerprint density at radius 1 is 1.48 bits per heavy atom. The summed E-state index contributed by atoms with van der Waals surface area (Å²) in [6.07, 6.45) is 2.49. The number of benzene rings is 1. The van der Waals surface area contributed by atoms with E-state index in [-0.39, 0.29) is 18.0 Å². The molecule has 1 saturated carbocycles. The summed E-state index contributed by atoms with van der Waals surface area (Å²) >= 11 is 5.98. The van der Waals surface area contributed by atoms with Gasteiger partial charge in [-0.05, 0) is 43.4 Å². The Bertz CT molecular complexity index is 636. The van der Waals surface area contributed by atoms with Gasteiger partial charge in [0.2, 0.25) is 0 Å². The van der Waals surface area contributed by atoms with Gasteiger partial charge in [0.15, 0.2) is 0 Å². The number of likely N-dealkylation sites (tertiary alicyclic amines) is 1. The highest BCUT2D eigenvalue weighted by Gasteiger charge is 2.55. The Morgan fingerprint density at radius 3 is 2.91 bits per heavy atom. The number of nitrogens with zero attached hydrogens (tertiary/aromatic N) is 1. The molecule has 0 spiro atoms. The van der Waals surface area contributed by atoms with Crippen LogP contribution in [0.3, 0.4) is 0 Å². The first kappa shape index (κ1) is 16.1. The summed E-state index contributed by atoms with van der Waals surface area (Å²) in [5, 5.41) is 13.2. The van der Waals surface area contributed by atoms with E-state index in [0.717, 1.165) is 18.4 Å². The number of rotatable bonds is 3. The molecule has 2 amide bonds. The van der Waals surface area contributed by atoms with Crippen LogP contribution >= 0.6 is 11.6 Å². The fourth-order valence-electron chi connectivity index (χ4n) is 3.93. The van der Waals surface area contributed by atoms with Crippen LogP contribution in [0.4, 0.5) is 4.79 Å². The van der Waals surface area contributed by atoms with Crippen LogP contribution in [-0.2, 0) is 4.79 Å². The lowest BCUT2D eigenvalue weighted by Gasteiger charge is -2.24. The maximum Gasteiger partial charge on any atom is 0.317 e. The predicted octanol–water partition coefficient (Wildman–Crippen LogP) is 3.30. The Hall–Kier alpha value is -1.75. The van der Waals surface area contributed by atoms with E-state index in [0.29, 0.717) is 24.5 Å². The van der Waals surface area contributed by atoms with Crippen molar-refractivity contribution >= 4 is 23.6 Å². The van der Waals surface area contributed by atoms with Crippen molar-refractivity contribution in [1.29, 1.82) is 0 Å². The largest absolute Gasteiger partial charge is 0.481 e. The molecule has 6 heteroatoms. The van der Waals surface area contributed by atoms with Crippen LogP contribution in [0.1, 0.15) is 37.8 Å². The van der Waals surface area contributed by atoms with E-state index in [1.165, 1.54) is 0 Å². The molecule has 1 unspecified atom stereocenters. The van der Waals surface area contributed by atoms with Gasteiger partial charge in [-0.2, -0.15) is 0 Å². The average Bonchev–Trinajstić information content (AvgIpc) is 3.05. The summed E-state index contributed by atoms with van der Waals surface area (Å²) in [4.78, 5) is 25.8. The summed E-state index contributed by atoms with van der Waals surface area (Å²) in [5.41, 5.74) is 0.189. The number of hydrogen-bond acceptors (Lipinski definition) is 2. The standard InChI is InChI=1S/C17H21ClN2O3/c1-11(12-4-2-6-14(18)8-12)19-16(23)20-9-13-5-3-7-17(13,10-20)15(21)22/h2,4,6,8,11,13H,3,5,7,9-10H2,1H3,(H,19,23)(H,21,22)/t11?,13-,17+/m0/s1. The second-order valence-electron chi connectivity index (χ2n) is 6.66. The number of hydrogen-bond donors (Lipinski definition) is 2. The molecule has 5 nitrogen and oxygen atoms in total. The zero-order valence-corrected chi connectivity index (χ0v) is 13.8. The quantitative estimate of drug-likeness (QED) is 0.889. The van der Waals surface area contributed by atoms with Crippen molar-refractivity contribution in [2.75, 3.05) is 13.1 Å². The molecule has 2 aliphatic rings. The summed E-state index contributed by atoms with van der Waals surface area (Å²) in [5.74, 6) is -0.689. The highest BCUT2D eigenvalue weighted by Crippen LogP contribution is 2.48. The van der Waals surface area contributed by atoms with Crippen LogP contribution in [0.5, 0.6) is 0 Å². The van der Waals surface area contributed by atoms with Gasteiger partial charge in [0.1, 0.15) is 0 Å². The number of carbonyl (C=O) groups excluding carboxylic acids is 1. The normalized spacial score (nSPS) is 27.6. The third-order valence-electron chi connectivity index (χ3n) is 5.27. The van der Waals surface area contributed by atoms with Gasteiger partial charge in [-0.15, -0.1) is 0 Å². The minimum absolute atomic E-state index is 0.0761. The minimum atomic E-state index is -0.766. The van der Waals surface area contributed by atoms with Crippen LogP contribution in [0.15, 0.2) is 24.3 Å². The topological polar surface area (TPSA) is 69.6 Å². The number of carboxylic acids is 1. The molecule has 1 aromatic carbocycles. The molecule has 3 rings (SSSR count). The average molecular weight is 337 g/mol. The van der Waals surface area contributed by atoms with E-state index in [1.54, 1.807) is 11.0 Å². The predicted molar refractivity (Wildman–Crippen MR) is 87.4 cm³/mol. The van der Waals surface area contributed by atoms with Crippen LogP contribution in [0.25, 0.3) is 0 Å². The van der Waals surface area contributed by atoms with E-state index in [1.807, 2.05) is 25.1 Å². The molecular formula is C17H21ClN2O3. The van der Waals surface area contributed by atoms with E-state index < -0.39 is 11.4 Å². The molecule has 1 aromatic rings. The number of carbonyl (C=O) groups is 2. The van der Waals surface area contributed by atoms with Crippen LogP contribution in [0, 0.1) is 11.3 Å². The smallest absolute Gasteiger partial charge is 0.317 e. The fraction of sp³-hybridized carbons (Fsp3) is 0.529. The molecule has 0 bridgehead atoms. The molecule has 124 valence electrons. The van der Waals surface area contributed by atoms with Crippen LogP contribution in [-0.4, -0.2) is 35.1 Å². The van der Waals surface area contributed by atoms with Crippen molar-refractivity contribution in [2.45, 2.75) is 32.2 Å².